The summed E-state index contributed by atoms with van der Waals surface area (Å²) in [5, 5.41) is 1.48. The minimum absolute atomic E-state index is 0.912. The third-order valence-electron chi connectivity index (χ3n) is 2.14. The zero-order chi connectivity index (χ0) is 9.52. The van der Waals surface area contributed by atoms with Gasteiger partial charge in [-0.3, -0.25) is 0 Å². The Kier molecular flexibility index (Phi) is 4.26. The molecule has 0 aliphatic heterocycles. The lowest BCUT2D eigenvalue weighted by Gasteiger charge is -2.07. The molecule has 0 fully saturated rings. The van der Waals surface area contributed by atoms with E-state index in [0.717, 1.165) is 0 Å². The predicted molar refractivity (Wildman–Crippen MR) is 63.0 cm³/mol. The van der Waals surface area contributed by atoms with Crippen LogP contribution in [0.15, 0.2) is 54.8 Å². The van der Waals surface area contributed by atoms with Crippen LogP contribution in [0.25, 0.3) is 0 Å². The molecule has 1 rings (SSSR count). The highest BCUT2D eigenvalue weighted by molar-refractivity contribution is 6.78. The van der Waals surface area contributed by atoms with Gasteiger partial charge in [0, 0.05) is 0 Å². The zero-order valence-electron chi connectivity index (χ0n) is 8.11. The first kappa shape index (κ1) is 10.0. The Morgan fingerprint density at radius 2 is 2.00 bits per heavy atom. The number of allylic oxidation sites excluding steroid dienone is 2. The van der Waals surface area contributed by atoms with Crippen molar-refractivity contribution < 1.29 is 0 Å². The molecule has 0 saturated heterocycles. The first-order chi connectivity index (χ1) is 6.38. The van der Waals surface area contributed by atoms with Gasteiger partial charge in [0.25, 0.3) is 0 Å². The van der Waals surface area contributed by atoms with Crippen molar-refractivity contribution in [2.24, 2.45) is 0 Å². The van der Waals surface area contributed by atoms with E-state index in [2.05, 4.69) is 61.7 Å². The van der Waals surface area contributed by atoms with Crippen LogP contribution in [0.2, 0.25) is 6.04 Å². The van der Waals surface area contributed by atoms with Crippen LogP contribution in [0.3, 0.4) is 0 Å². The summed E-state index contributed by atoms with van der Waals surface area (Å²) in [6, 6.07) is 11.9. The predicted octanol–water partition coefficient (Wildman–Crippen LogP) is 2.42. The molecule has 0 aliphatic carbocycles. The summed E-state index contributed by atoms with van der Waals surface area (Å²) >= 11 is 0. The van der Waals surface area contributed by atoms with Gasteiger partial charge in [-0.25, -0.2) is 0 Å². The van der Waals surface area contributed by atoms with E-state index in [9.17, 15) is 0 Å². The lowest BCUT2D eigenvalue weighted by molar-refractivity contribution is 1.58. The van der Waals surface area contributed by atoms with Crippen LogP contribution in [0.5, 0.6) is 0 Å². The summed E-state index contributed by atoms with van der Waals surface area (Å²) in [6.45, 7) is 5.99. The van der Waals surface area contributed by atoms with Gasteiger partial charge >= 0.3 is 0 Å². The topological polar surface area (TPSA) is 0 Å². The summed E-state index contributed by atoms with van der Waals surface area (Å²) in [5.41, 5.74) is 2.15. The molecule has 68 valence electrons. The van der Waals surface area contributed by atoms with Crippen LogP contribution < -0.4 is 5.19 Å². The van der Waals surface area contributed by atoms with Gasteiger partial charge in [0.2, 0.25) is 0 Å². The highest BCUT2D eigenvalue weighted by atomic mass is 28.3. The van der Waals surface area contributed by atoms with E-state index in [1.165, 1.54) is 11.2 Å². The summed E-state index contributed by atoms with van der Waals surface area (Å²) in [6.07, 6.45) is 4.36. The van der Waals surface area contributed by atoms with Gasteiger partial charge < -0.3 is 0 Å². The van der Waals surface area contributed by atoms with Gasteiger partial charge in [0.15, 0.2) is 0 Å². The van der Waals surface area contributed by atoms with E-state index >= 15 is 0 Å². The Bertz CT molecular complexity index is 274. The summed E-state index contributed by atoms with van der Waals surface area (Å²) in [7, 11) is -0.912. The van der Waals surface area contributed by atoms with Crippen molar-refractivity contribution >= 4 is 14.0 Å². The normalized spacial score (nSPS) is 13.0. The molecule has 0 spiro atoms. The molecule has 1 heteroatoms. The minimum Gasteiger partial charge on any atom is -0.107 e. The second-order valence-electron chi connectivity index (χ2n) is 3.06. The average molecular weight is 188 g/mol. The molecule has 1 unspecified atom stereocenters. The summed E-state index contributed by atoms with van der Waals surface area (Å²) in [4.78, 5) is 0. The van der Waals surface area contributed by atoms with Crippen molar-refractivity contribution in [1.29, 1.82) is 0 Å². The Hall–Kier alpha value is -1.08. The molecule has 0 aliphatic rings. The van der Waals surface area contributed by atoms with Crippen molar-refractivity contribution in [2.45, 2.75) is 13.0 Å². The average Bonchev–Trinajstić information content (AvgIpc) is 2.21. The van der Waals surface area contributed by atoms with Crippen LogP contribution >= 0.6 is 0 Å². The summed E-state index contributed by atoms with van der Waals surface area (Å²) < 4.78 is 0. The largest absolute Gasteiger partial charge is 0.107 e. The second-order valence-corrected chi connectivity index (χ2v) is 5.88. The van der Waals surface area contributed by atoms with Crippen LogP contribution in [0.4, 0.5) is 0 Å². The SMILES string of the molecule is C=C[SiH](C/C=C\C)c1ccccc1. The Morgan fingerprint density at radius 1 is 1.31 bits per heavy atom. The van der Waals surface area contributed by atoms with Crippen LogP contribution in [0.1, 0.15) is 6.92 Å². The molecule has 0 bridgehead atoms. The Labute approximate surface area is 82.2 Å². The first-order valence-electron chi connectivity index (χ1n) is 4.67. The van der Waals surface area contributed by atoms with Crippen LogP contribution in [0, 0.1) is 0 Å². The fourth-order valence-electron chi connectivity index (χ4n) is 1.35. The van der Waals surface area contributed by atoms with Gasteiger partial charge in [0.05, 0.1) is 8.80 Å². The number of hydrogen-bond acceptors (Lipinski definition) is 0. The molecule has 0 saturated carbocycles. The Morgan fingerprint density at radius 3 is 2.54 bits per heavy atom. The molecular formula is C12H16Si. The van der Waals surface area contributed by atoms with E-state index in [4.69, 9.17) is 0 Å². The van der Waals surface area contributed by atoms with Crippen LogP contribution in [-0.2, 0) is 0 Å². The molecule has 0 nitrogen and oxygen atoms in total. The standard InChI is InChI=1S/C12H16Si/c1-3-5-11-13(4-2)12-9-7-6-8-10-12/h3-10,13H,2,11H2,1H3/b5-3-. The van der Waals surface area contributed by atoms with Crippen molar-refractivity contribution in [2.75, 3.05) is 0 Å². The molecule has 0 heterocycles. The molecular weight excluding hydrogens is 172 g/mol. The molecule has 0 N–H and O–H groups in total. The molecule has 1 aromatic rings. The molecule has 0 amide bonds. The van der Waals surface area contributed by atoms with E-state index in [-0.39, 0.29) is 0 Å². The van der Waals surface area contributed by atoms with Gasteiger partial charge in [-0.1, -0.05) is 53.4 Å². The monoisotopic (exact) mass is 188 g/mol. The van der Waals surface area contributed by atoms with E-state index in [0.29, 0.717) is 0 Å². The Balaban J connectivity index is 2.72. The lowest BCUT2D eigenvalue weighted by atomic mass is 10.4. The lowest BCUT2D eigenvalue weighted by Crippen LogP contribution is -2.26. The maximum absolute atomic E-state index is 3.92. The van der Waals surface area contributed by atoms with Crippen molar-refractivity contribution in [3.8, 4) is 0 Å². The fraction of sp³-hybridized carbons (Fsp3) is 0.167. The smallest absolute Gasteiger partial charge is 0.0971 e. The molecule has 0 aromatic heterocycles. The molecule has 1 aromatic carbocycles. The van der Waals surface area contributed by atoms with Crippen molar-refractivity contribution in [3.05, 3.63) is 54.8 Å². The number of hydrogen-bond donors (Lipinski definition) is 0. The zero-order valence-corrected chi connectivity index (χ0v) is 9.27. The highest BCUT2D eigenvalue weighted by Gasteiger charge is 2.05. The van der Waals surface area contributed by atoms with Gasteiger partial charge in [-0.15, -0.1) is 6.58 Å². The fourth-order valence-corrected chi connectivity index (χ4v) is 3.37. The van der Waals surface area contributed by atoms with E-state index in [1.807, 2.05) is 0 Å². The maximum atomic E-state index is 3.92. The highest BCUT2D eigenvalue weighted by Crippen LogP contribution is 1.97. The van der Waals surface area contributed by atoms with E-state index < -0.39 is 8.80 Å². The van der Waals surface area contributed by atoms with Crippen LogP contribution in [-0.4, -0.2) is 8.80 Å². The third kappa shape index (κ3) is 3.03. The van der Waals surface area contributed by atoms with Crippen molar-refractivity contribution in [1.82, 2.24) is 0 Å². The second kappa shape index (κ2) is 5.54. The van der Waals surface area contributed by atoms with Gasteiger partial charge in [0.1, 0.15) is 0 Å². The first-order valence-corrected chi connectivity index (χ1v) is 6.73. The maximum Gasteiger partial charge on any atom is 0.0971 e. The molecule has 13 heavy (non-hydrogen) atoms. The molecule has 0 radical (unpaired) electrons. The molecule has 1 atom stereocenters. The number of benzene rings is 1. The van der Waals surface area contributed by atoms with Crippen molar-refractivity contribution in [3.63, 3.8) is 0 Å². The minimum atomic E-state index is -0.912. The number of rotatable bonds is 4. The van der Waals surface area contributed by atoms with Gasteiger partial charge in [-0.2, -0.15) is 0 Å². The van der Waals surface area contributed by atoms with Gasteiger partial charge in [-0.05, 0) is 13.0 Å². The summed E-state index contributed by atoms with van der Waals surface area (Å²) in [5.74, 6) is 0. The third-order valence-corrected chi connectivity index (χ3v) is 4.73. The van der Waals surface area contributed by atoms with E-state index in [1.54, 1.807) is 0 Å². The quantitative estimate of drug-likeness (QED) is 0.503.